The van der Waals surface area contributed by atoms with E-state index in [1.165, 1.54) is 0 Å². The highest BCUT2D eigenvalue weighted by molar-refractivity contribution is 7.54. The predicted molar refractivity (Wildman–Crippen MR) is 66.5 cm³/mol. The summed E-state index contributed by atoms with van der Waals surface area (Å²) in [6.45, 7) is 4.86. The molecule has 1 atom stereocenters. The highest BCUT2D eigenvalue weighted by Crippen LogP contribution is 2.50. The van der Waals surface area contributed by atoms with Crippen molar-refractivity contribution < 1.29 is 32.7 Å². The summed E-state index contributed by atoms with van der Waals surface area (Å²) in [5.41, 5.74) is 4.73. The first-order valence-corrected chi connectivity index (χ1v) is 7.05. The first-order chi connectivity index (χ1) is 8.54. The van der Waals surface area contributed by atoms with E-state index in [2.05, 4.69) is 13.8 Å². The van der Waals surface area contributed by atoms with Crippen LogP contribution in [0.25, 0.3) is 0 Å². The summed E-state index contributed by atoms with van der Waals surface area (Å²) in [6.07, 6.45) is -1.65. The van der Waals surface area contributed by atoms with Gasteiger partial charge >= 0.3 is 19.7 Å². The van der Waals surface area contributed by atoms with Crippen molar-refractivity contribution in [3.05, 3.63) is 0 Å². The van der Waals surface area contributed by atoms with Crippen LogP contribution >= 0.6 is 7.60 Å². The molecule has 19 heavy (non-hydrogen) atoms. The van der Waals surface area contributed by atoms with Gasteiger partial charge in [0.2, 0.25) is 0 Å². The van der Waals surface area contributed by atoms with Crippen LogP contribution in [0.4, 0.5) is 4.79 Å². The largest absolute Gasteiger partial charge is 0.516 e. The van der Waals surface area contributed by atoms with Crippen LogP contribution in [0, 0.1) is 0 Å². The van der Waals surface area contributed by atoms with Gasteiger partial charge in [-0.05, 0) is 20.8 Å². The lowest BCUT2D eigenvalue weighted by Crippen LogP contribution is -2.30. The van der Waals surface area contributed by atoms with Crippen molar-refractivity contribution in [3.63, 3.8) is 0 Å². The summed E-state index contributed by atoms with van der Waals surface area (Å²) in [7, 11) is -1.30. The van der Waals surface area contributed by atoms with E-state index in [9.17, 15) is 14.2 Å². The van der Waals surface area contributed by atoms with E-state index in [4.69, 9.17) is 10.5 Å². The normalized spacial score (nSPS) is 13.8. The Morgan fingerprint density at radius 1 is 1.21 bits per heavy atom. The summed E-state index contributed by atoms with van der Waals surface area (Å²) in [5.74, 6) is -2.20. The Morgan fingerprint density at radius 2 is 1.68 bits per heavy atom. The molecule has 0 saturated heterocycles. The van der Waals surface area contributed by atoms with Crippen LogP contribution in [0.15, 0.2) is 0 Å². The summed E-state index contributed by atoms with van der Waals surface area (Å²) in [4.78, 5) is 22.6. The number of hydrogen-bond acceptors (Lipinski definition) is 8. The Hall–Kier alpha value is -0.950. The van der Waals surface area contributed by atoms with Crippen LogP contribution in [0.5, 0.6) is 0 Å². The highest BCUT2D eigenvalue weighted by Gasteiger charge is 2.34. The molecule has 0 saturated carbocycles. The fourth-order valence-electron chi connectivity index (χ4n) is 1.03. The van der Waals surface area contributed by atoms with E-state index >= 15 is 0 Å². The Labute approximate surface area is 112 Å². The number of esters is 1. The summed E-state index contributed by atoms with van der Waals surface area (Å²) in [5, 5.41) is 0. The fourth-order valence-corrected chi connectivity index (χ4v) is 2.10. The van der Waals surface area contributed by atoms with Gasteiger partial charge in [0.25, 0.3) is 0 Å². The van der Waals surface area contributed by atoms with Crippen LogP contribution in [0.1, 0.15) is 27.2 Å². The number of hydrogen-bond donors (Lipinski definition) is 1. The second-order valence-electron chi connectivity index (χ2n) is 4.61. The molecule has 0 spiro atoms. The zero-order valence-electron chi connectivity index (χ0n) is 11.7. The third-order valence-electron chi connectivity index (χ3n) is 1.88. The van der Waals surface area contributed by atoms with Gasteiger partial charge in [0.1, 0.15) is 11.4 Å². The second kappa shape index (κ2) is 7.00. The van der Waals surface area contributed by atoms with Crippen molar-refractivity contribution in [2.45, 2.75) is 38.6 Å². The zero-order valence-corrected chi connectivity index (χ0v) is 12.6. The minimum atomic E-state index is -3.59. The first kappa shape index (κ1) is 18.0. The van der Waals surface area contributed by atoms with Gasteiger partial charge in [-0.25, -0.2) is 4.79 Å². The number of carbonyl (C=O) groups excluding carboxylic acids is 2. The molecule has 0 aliphatic heterocycles. The van der Waals surface area contributed by atoms with E-state index in [0.717, 1.165) is 14.2 Å². The Bertz CT molecular complexity index is 369. The molecule has 0 rings (SSSR count). The third kappa shape index (κ3) is 6.68. The predicted octanol–water partition coefficient (Wildman–Crippen LogP) is 1.63. The van der Waals surface area contributed by atoms with Crippen LogP contribution in [-0.4, -0.2) is 37.7 Å². The van der Waals surface area contributed by atoms with Gasteiger partial charge in [-0.15, -0.1) is 0 Å². The molecule has 0 aromatic rings. The molecule has 0 radical (unpaired) electrons. The number of carbonyl (C=O) groups is 2. The average Bonchev–Trinajstić information content (AvgIpc) is 2.24. The molecule has 112 valence electrons. The van der Waals surface area contributed by atoms with E-state index in [1.807, 2.05) is 0 Å². The molecule has 2 N–H and O–H groups in total. The van der Waals surface area contributed by atoms with Crippen LogP contribution in [0.2, 0.25) is 0 Å². The first-order valence-electron chi connectivity index (χ1n) is 5.44. The van der Waals surface area contributed by atoms with Gasteiger partial charge in [0, 0.05) is 14.2 Å². The van der Waals surface area contributed by atoms with Gasteiger partial charge in [-0.1, -0.05) is 0 Å². The number of rotatable bonds is 5. The van der Waals surface area contributed by atoms with Crippen molar-refractivity contribution in [2.24, 2.45) is 5.73 Å². The number of nitrogens with two attached hydrogens (primary N) is 1. The molecule has 8 nitrogen and oxygen atoms in total. The minimum absolute atomic E-state index is 0.502. The monoisotopic (exact) mass is 297 g/mol. The van der Waals surface area contributed by atoms with Gasteiger partial charge < -0.3 is 24.3 Å². The topological polar surface area (TPSA) is 114 Å². The van der Waals surface area contributed by atoms with Crippen LogP contribution in [0.3, 0.4) is 0 Å². The Morgan fingerprint density at radius 3 is 2.05 bits per heavy atom. The highest BCUT2D eigenvalue weighted by atomic mass is 31.2. The lowest BCUT2D eigenvalue weighted by atomic mass is 10.2. The minimum Gasteiger partial charge on any atom is -0.428 e. The second-order valence-corrected chi connectivity index (χ2v) is 7.09. The Kier molecular flexibility index (Phi) is 6.65. The van der Waals surface area contributed by atoms with Crippen molar-refractivity contribution in [1.82, 2.24) is 0 Å². The molecular formula is C10H20NO7P. The van der Waals surface area contributed by atoms with Crippen LogP contribution < -0.4 is 5.73 Å². The lowest BCUT2D eigenvalue weighted by molar-refractivity contribution is -0.141. The smallest absolute Gasteiger partial charge is 0.428 e. The molecular weight excluding hydrogens is 277 g/mol. The van der Waals surface area contributed by atoms with Gasteiger partial charge in [-0.3, -0.25) is 9.36 Å². The molecule has 0 aromatic carbocycles. The number of ether oxygens (including phenoxy) is 2. The fraction of sp³-hybridized carbons (Fsp3) is 0.800. The van der Waals surface area contributed by atoms with Gasteiger partial charge in [0.15, 0.2) is 0 Å². The molecule has 0 fully saturated rings. The summed E-state index contributed by atoms with van der Waals surface area (Å²) >= 11 is 0. The maximum Gasteiger partial charge on any atom is 0.516 e. The average molecular weight is 297 g/mol. The molecule has 1 unspecified atom stereocenters. The quantitative estimate of drug-likeness (QED) is 0.462. The summed E-state index contributed by atoms with van der Waals surface area (Å²) < 4.78 is 30.2. The SMILES string of the molecule is COP(=O)(OC)C(N)CC(=O)OC(=O)OC(C)(C)C. The van der Waals surface area contributed by atoms with E-state index < -0.39 is 37.5 Å². The van der Waals surface area contributed by atoms with E-state index in [0.29, 0.717) is 0 Å². The molecule has 0 bridgehead atoms. The molecule has 9 heteroatoms. The standard InChI is InChI=1S/C10H20NO7P/c1-10(2,3)18-9(13)17-8(12)6-7(11)19(14,15-4)16-5/h7H,6,11H2,1-5H3. The zero-order chi connectivity index (χ0) is 15.3. The molecule has 0 amide bonds. The summed E-state index contributed by atoms with van der Waals surface area (Å²) in [6, 6.07) is 0. The molecule has 0 heterocycles. The van der Waals surface area contributed by atoms with Crippen LogP contribution in [-0.2, 0) is 27.9 Å². The maximum atomic E-state index is 11.8. The molecule has 0 aliphatic rings. The molecule has 0 aromatic heterocycles. The lowest BCUT2D eigenvalue weighted by Gasteiger charge is -2.20. The van der Waals surface area contributed by atoms with Crippen molar-refractivity contribution in [1.29, 1.82) is 0 Å². The Balaban J connectivity index is 4.40. The maximum absolute atomic E-state index is 11.8. The van der Waals surface area contributed by atoms with Crippen molar-refractivity contribution >= 4 is 19.7 Å². The van der Waals surface area contributed by atoms with Crippen molar-refractivity contribution in [3.8, 4) is 0 Å². The van der Waals surface area contributed by atoms with Gasteiger partial charge in [-0.2, -0.15) is 0 Å². The van der Waals surface area contributed by atoms with E-state index in [-0.39, 0.29) is 0 Å². The van der Waals surface area contributed by atoms with E-state index in [1.54, 1.807) is 20.8 Å². The van der Waals surface area contributed by atoms with Gasteiger partial charge in [0.05, 0.1) is 6.42 Å². The third-order valence-corrected chi connectivity index (χ3v) is 3.89. The molecule has 0 aliphatic carbocycles. The van der Waals surface area contributed by atoms with Crippen molar-refractivity contribution in [2.75, 3.05) is 14.2 Å².